The summed E-state index contributed by atoms with van der Waals surface area (Å²) in [7, 11) is 0. The first-order valence-electron chi connectivity index (χ1n) is 18.8. The van der Waals surface area contributed by atoms with E-state index < -0.39 is 0 Å². The van der Waals surface area contributed by atoms with E-state index in [2.05, 4.69) is 178 Å². The molecular formula is C44H71N7O3. The van der Waals surface area contributed by atoms with E-state index in [4.69, 9.17) is 13.5 Å². The van der Waals surface area contributed by atoms with Crippen molar-refractivity contribution >= 4 is 23.9 Å². The molecule has 0 N–H and O–H groups in total. The van der Waals surface area contributed by atoms with Gasteiger partial charge in [0.1, 0.15) is 25.0 Å². The number of nitrogens with zero attached hydrogens (tertiary/aromatic N) is 7. The first kappa shape index (κ1) is 47.8. The van der Waals surface area contributed by atoms with Gasteiger partial charge < -0.3 is 13.5 Å². The lowest BCUT2D eigenvalue weighted by Crippen LogP contribution is -2.19. The molecule has 54 heavy (non-hydrogen) atoms. The van der Waals surface area contributed by atoms with E-state index in [1.54, 1.807) is 24.9 Å². The Morgan fingerprint density at radius 3 is 1.44 bits per heavy atom. The highest BCUT2D eigenvalue weighted by Crippen LogP contribution is 2.25. The lowest BCUT2D eigenvalue weighted by molar-refractivity contribution is 0.329. The zero-order valence-corrected chi connectivity index (χ0v) is 36.8. The van der Waals surface area contributed by atoms with Crippen LogP contribution in [0.25, 0.3) is 0 Å². The molecule has 0 saturated carbocycles. The Kier molecular flexibility index (Phi) is 18.1. The maximum atomic E-state index is 5.09. The van der Waals surface area contributed by atoms with E-state index in [0.29, 0.717) is 12.1 Å². The van der Waals surface area contributed by atoms with Crippen molar-refractivity contribution in [3.05, 3.63) is 78.2 Å². The molecule has 6 heterocycles. The fourth-order valence-corrected chi connectivity index (χ4v) is 4.22. The highest BCUT2D eigenvalue weighted by molar-refractivity contribution is 6.33. The van der Waals surface area contributed by atoms with E-state index in [9.17, 15) is 0 Å². The van der Waals surface area contributed by atoms with Crippen LogP contribution in [0.4, 0.5) is 0 Å². The molecule has 3 aromatic heterocycles. The van der Waals surface area contributed by atoms with Crippen LogP contribution in [0.3, 0.4) is 0 Å². The highest BCUT2D eigenvalue weighted by Gasteiger charge is 2.20. The molecule has 10 heteroatoms. The largest absolute Gasteiger partial charge is 0.448 e. The third-order valence-electron chi connectivity index (χ3n) is 7.69. The van der Waals surface area contributed by atoms with Gasteiger partial charge in [0.25, 0.3) is 0 Å². The third-order valence-corrected chi connectivity index (χ3v) is 7.69. The van der Waals surface area contributed by atoms with E-state index in [0.717, 1.165) is 36.1 Å². The van der Waals surface area contributed by atoms with Gasteiger partial charge in [-0.15, -0.1) is 0 Å². The smallest absolute Gasteiger partial charge is 0.199 e. The molecule has 0 radical (unpaired) electrons. The van der Waals surface area contributed by atoms with Gasteiger partial charge >= 0.3 is 0 Å². The van der Waals surface area contributed by atoms with Gasteiger partial charge in [0.15, 0.2) is 5.89 Å². The van der Waals surface area contributed by atoms with Crippen molar-refractivity contribution in [3.63, 3.8) is 0 Å². The number of allylic oxidation sites excluding steroid dienone is 2. The van der Waals surface area contributed by atoms with Gasteiger partial charge in [-0.1, -0.05) is 147 Å². The Morgan fingerprint density at radius 1 is 0.574 bits per heavy atom. The quantitative estimate of drug-likeness (QED) is 0.225. The summed E-state index contributed by atoms with van der Waals surface area (Å²) in [5.41, 5.74) is 5.68. The topological polar surface area (TPSA) is 128 Å². The van der Waals surface area contributed by atoms with Crippen molar-refractivity contribution in [2.45, 2.75) is 141 Å². The molecule has 3 aromatic rings. The van der Waals surface area contributed by atoms with E-state index in [1.165, 1.54) is 11.3 Å². The molecule has 300 valence electrons. The van der Waals surface area contributed by atoms with Crippen molar-refractivity contribution in [1.29, 1.82) is 0 Å². The SMILES string of the molecule is CC(C)(C)C1=CCN=C1.CC(C)(C)C1=NCC=C1.CC(C)(C)C1=NCN=C1.CC(C)(C)c1ccno1.CC(C)(C)c1ccon1.CC(C)(C)c1ncco1. The lowest BCUT2D eigenvalue weighted by Gasteiger charge is -2.16. The van der Waals surface area contributed by atoms with E-state index in [1.807, 2.05) is 24.6 Å². The fraction of sp³-hybridized carbons (Fsp3) is 0.614. The monoisotopic (exact) mass is 746 g/mol. The van der Waals surface area contributed by atoms with Crippen molar-refractivity contribution in [1.82, 2.24) is 15.3 Å². The lowest BCUT2D eigenvalue weighted by atomic mass is 9.88. The second-order valence-corrected chi connectivity index (χ2v) is 19.4. The van der Waals surface area contributed by atoms with Crippen LogP contribution in [0.5, 0.6) is 0 Å². The summed E-state index contributed by atoms with van der Waals surface area (Å²) in [6.45, 7) is 40.8. The predicted octanol–water partition coefficient (Wildman–Crippen LogP) is 11.5. The molecule has 6 rings (SSSR count). The fourth-order valence-electron chi connectivity index (χ4n) is 4.22. The average Bonchev–Trinajstić information content (AvgIpc) is 3.89. The Labute approximate surface area is 326 Å². The van der Waals surface area contributed by atoms with Gasteiger partial charge in [-0.3, -0.25) is 20.0 Å². The highest BCUT2D eigenvalue weighted by atomic mass is 16.5. The van der Waals surface area contributed by atoms with Gasteiger partial charge in [-0.25, -0.2) is 4.98 Å². The summed E-state index contributed by atoms with van der Waals surface area (Å²) in [5, 5.41) is 7.43. The van der Waals surface area contributed by atoms with Crippen molar-refractivity contribution in [3.8, 4) is 0 Å². The summed E-state index contributed by atoms with van der Waals surface area (Å²) < 4.78 is 14.7. The maximum Gasteiger partial charge on any atom is 0.199 e. The third kappa shape index (κ3) is 19.2. The number of aliphatic imine (C=N–C) groups is 4. The van der Waals surface area contributed by atoms with Crippen LogP contribution >= 0.6 is 0 Å². The number of oxazole rings is 1. The summed E-state index contributed by atoms with van der Waals surface area (Å²) in [4.78, 5) is 20.7. The van der Waals surface area contributed by atoms with Crippen LogP contribution < -0.4 is 0 Å². The minimum Gasteiger partial charge on any atom is -0.448 e. The van der Waals surface area contributed by atoms with Crippen LogP contribution in [0.2, 0.25) is 0 Å². The molecule has 0 aromatic carbocycles. The number of aromatic nitrogens is 3. The molecule has 0 bridgehead atoms. The number of hydrogen-bond acceptors (Lipinski definition) is 10. The number of rotatable bonds is 0. The molecule has 0 unspecified atom stereocenters. The van der Waals surface area contributed by atoms with Crippen LogP contribution in [-0.4, -0.2) is 58.9 Å². The van der Waals surface area contributed by atoms with Gasteiger partial charge in [0, 0.05) is 57.3 Å². The van der Waals surface area contributed by atoms with E-state index >= 15 is 0 Å². The van der Waals surface area contributed by atoms with Gasteiger partial charge in [0.05, 0.1) is 36.9 Å². The van der Waals surface area contributed by atoms with Gasteiger partial charge in [0.2, 0.25) is 0 Å². The van der Waals surface area contributed by atoms with Crippen molar-refractivity contribution in [2.75, 3.05) is 19.8 Å². The zero-order valence-electron chi connectivity index (χ0n) is 36.8. The summed E-state index contributed by atoms with van der Waals surface area (Å²) >= 11 is 0. The average molecular weight is 746 g/mol. The molecule has 3 aliphatic rings. The molecule has 10 nitrogen and oxygen atoms in total. The van der Waals surface area contributed by atoms with Crippen molar-refractivity contribution < 1.29 is 13.5 Å². The van der Waals surface area contributed by atoms with Crippen molar-refractivity contribution in [2.24, 2.45) is 36.2 Å². The minimum absolute atomic E-state index is 0.0451. The Morgan fingerprint density at radius 2 is 1.22 bits per heavy atom. The summed E-state index contributed by atoms with van der Waals surface area (Å²) in [5.74, 6) is 1.73. The van der Waals surface area contributed by atoms with Crippen LogP contribution in [0.1, 0.15) is 142 Å². The van der Waals surface area contributed by atoms with E-state index in [-0.39, 0.29) is 27.1 Å². The molecule has 0 saturated heterocycles. The Bertz CT molecular complexity index is 1450. The zero-order chi connectivity index (χ0) is 41.4. The minimum atomic E-state index is 0.0451. The molecular weight excluding hydrogens is 675 g/mol. The standard InChI is InChI=1S/2C8H13N.C7H12N2.3C7H11NO/c1-8(2,3)7-4-5-9-6-7;1-8(2,3)7-5-4-6-9-7;1-7(2,3)6-4-8-5-9-6;1-7(2,3)6-8-4-5-9-6;1-7(2,3)6-4-5-9-8-6;1-7(2,3)6-4-5-8-9-6/h4,6H,5H2,1-3H3;4-5H,6H2,1-3H3;4H,5H2,1-3H3;3*4-5H,1-3H3. The second-order valence-electron chi connectivity index (χ2n) is 19.4. The molecule has 0 spiro atoms. The second kappa shape index (κ2) is 20.5. The van der Waals surface area contributed by atoms with Gasteiger partial charge in [-0.05, 0) is 17.1 Å². The first-order chi connectivity index (χ1) is 24.6. The summed E-state index contributed by atoms with van der Waals surface area (Å²) in [6.07, 6.45) is 16.8. The maximum absolute atomic E-state index is 5.09. The Hall–Kier alpha value is -4.21. The predicted molar refractivity (Wildman–Crippen MR) is 228 cm³/mol. The first-order valence-corrected chi connectivity index (χ1v) is 18.8. The normalized spacial score (nSPS) is 15.1. The molecule has 0 amide bonds. The number of hydrogen-bond donors (Lipinski definition) is 0. The molecule has 0 atom stereocenters. The van der Waals surface area contributed by atoms with Gasteiger partial charge in [-0.2, -0.15) is 0 Å². The van der Waals surface area contributed by atoms with Crippen LogP contribution in [0, 0.1) is 16.2 Å². The molecule has 0 fully saturated rings. The molecule has 0 aliphatic carbocycles. The Balaban J connectivity index is 0.000000324. The molecule has 3 aliphatic heterocycles. The van der Waals surface area contributed by atoms with Crippen LogP contribution in [0.15, 0.2) is 94.3 Å². The van der Waals surface area contributed by atoms with Crippen LogP contribution in [-0.2, 0) is 16.2 Å². The summed E-state index contributed by atoms with van der Waals surface area (Å²) in [6, 6.07) is 3.78.